The number of hydrogen-bond acceptors (Lipinski definition) is 4. The maximum Gasteiger partial charge on any atom is 0.254 e. The lowest BCUT2D eigenvalue weighted by Crippen LogP contribution is -2.39. The lowest BCUT2D eigenvalue weighted by Gasteiger charge is -2.32. The van der Waals surface area contributed by atoms with Gasteiger partial charge >= 0.3 is 0 Å². The fourth-order valence-electron chi connectivity index (χ4n) is 3.15. The molecule has 1 aromatic carbocycles. The van der Waals surface area contributed by atoms with Gasteiger partial charge in [0.15, 0.2) is 0 Å². The first kappa shape index (κ1) is 17.6. The molecule has 1 aliphatic rings. The van der Waals surface area contributed by atoms with Crippen molar-refractivity contribution in [3.63, 3.8) is 0 Å². The first-order valence-electron chi connectivity index (χ1n) is 8.58. The highest BCUT2D eigenvalue weighted by molar-refractivity contribution is 7.09. The molecule has 1 fully saturated rings. The third-order valence-electron chi connectivity index (χ3n) is 4.52. The van der Waals surface area contributed by atoms with E-state index in [9.17, 15) is 9.59 Å². The van der Waals surface area contributed by atoms with Crippen LogP contribution in [0.3, 0.4) is 0 Å². The molecule has 1 atom stereocenters. The number of nitrogens with zero attached hydrogens (tertiary/aromatic N) is 2. The molecule has 1 aliphatic heterocycles. The Morgan fingerprint density at radius 2 is 2.16 bits per heavy atom. The smallest absolute Gasteiger partial charge is 0.254 e. The maximum absolute atomic E-state index is 12.8. The largest absolute Gasteiger partial charge is 0.351 e. The molecule has 0 spiro atoms. The molecule has 0 aliphatic carbocycles. The van der Waals surface area contributed by atoms with Crippen LogP contribution < -0.4 is 5.32 Å². The Kier molecular flexibility index (Phi) is 5.48. The average Bonchev–Trinajstić information content (AvgIpc) is 3.09. The number of piperidine rings is 1. The van der Waals surface area contributed by atoms with Gasteiger partial charge in [0, 0.05) is 36.9 Å². The molecule has 2 heterocycles. The van der Waals surface area contributed by atoms with Gasteiger partial charge in [-0.1, -0.05) is 18.2 Å². The Morgan fingerprint density at radius 3 is 2.92 bits per heavy atom. The number of thiazole rings is 1. The number of carbonyl (C=O) groups excluding carboxylic acids is 2. The summed E-state index contributed by atoms with van der Waals surface area (Å²) in [6, 6.07) is 7.74. The highest BCUT2D eigenvalue weighted by Crippen LogP contribution is 2.30. The minimum Gasteiger partial charge on any atom is -0.351 e. The zero-order valence-corrected chi connectivity index (χ0v) is 15.4. The van der Waals surface area contributed by atoms with Crippen LogP contribution in [0.2, 0.25) is 0 Å². The van der Waals surface area contributed by atoms with E-state index in [0.717, 1.165) is 41.2 Å². The van der Waals surface area contributed by atoms with Crippen LogP contribution in [0.15, 0.2) is 29.6 Å². The summed E-state index contributed by atoms with van der Waals surface area (Å²) in [6.45, 7) is 5.45. The minimum atomic E-state index is -0.0535. The molecular formula is C19H23N3O2S. The van der Waals surface area contributed by atoms with Crippen molar-refractivity contribution >= 4 is 23.2 Å². The van der Waals surface area contributed by atoms with Gasteiger partial charge in [-0.05, 0) is 31.4 Å². The highest BCUT2D eigenvalue weighted by Gasteiger charge is 2.27. The molecule has 0 radical (unpaired) electrons. The second-order valence-corrected chi connectivity index (χ2v) is 7.38. The molecule has 1 N–H and O–H groups in total. The molecule has 2 aromatic rings. The molecule has 1 saturated heterocycles. The standard InChI is InChI=1S/C19H23N3O2S/c1-13-6-3-4-8-17(13)19(24)22-9-5-7-15(11-22)18-21-16(12-25-18)10-20-14(2)23/h3-4,6,8,12,15H,5,7,9-11H2,1-2H3,(H,20,23)/t15-/m0/s1. The highest BCUT2D eigenvalue weighted by atomic mass is 32.1. The summed E-state index contributed by atoms with van der Waals surface area (Å²) >= 11 is 1.62. The Hall–Kier alpha value is -2.21. The summed E-state index contributed by atoms with van der Waals surface area (Å²) in [5.74, 6) is 0.331. The summed E-state index contributed by atoms with van der Waals surface area (Å²) in [5.41, 5.74) is 2.69. The van der Waals surface area contributed by atoms with Crippen molar-refractivity contribution in [3.05, 3.63) is 51.5 Å². The molecule has 0 bridgehead atoms. The third-order valence-corrected chi connectivity index (χ3v) is 5.58. The SMILES string of the molecule is CC(=O)NCc1csc([C@H]2CCCN(C(=O)c3ccccc3C)C2)n1. The Morgan fingerprint density at radius 1 is 1.36 bits per heavy atom. The lowest BCUT2D eigenvalue weighted by atomic mass is 9.97. The van der Waals surface area contributed by atoms with E-state index in [1.165, 1.54) is 6.92 Å². The molecule has 25 heavy (non-hydrogen) atoms. The van der Waals surface area contributed by atoms with Crippen LogP contribution in [0, 0.1) is 6.92 Å². The van der Waals surface area contributed by atoms with Crippen LogP contribution in [0.25, 0.3) is 0 Å². The van der Waals surface area contributed by atoms with Gasteiger partial charge in [0.1, 0.15) is 0 Å². The van der Waals surface area contributed by atoms with Crippen LogP contribution in [-0.4, -0.2) is 34.8 Å². The lowest BCUT2D eigenvalue weighted by molar-refractivity contribution is -0.119. The van der Waals surface area contributed by atoms with E-state index >= 15 is 0 Å². The zero-order chi connectivity index (χ0) is 17.8. The number of hydrogen-bond donors (Lipinski definition) is 1. The van der Waals surface area contributed by atoms with Gasteiger partial charge in [-0.25, -0.2) is 4.98 Å². The van der Waals surface area contributed by atoms with Crippen molar-refractivity contribution in [3.8, 4) is 0 Å². The summed E-state index contributed by atoms with van der Waals surface area (Å²) in [6.07, 6.45) is 2.04. The minimum absolute atomic E-state index is 0.0535. The predicted molar refractivity (Wildman–Crippen MR) is 98.7 cm³/mol. The second-order valence-electron chi connectivity index (χ2n) is 6.49. The van der Waals surface area contributed by atoms with E-state index in [1.807, 2.05) is 41.5 Å². The van der Waals surface area contributed by atoms with E-state index < -0.39 is 0 Å². The van der Waals surface area contributed by atoms with Crippen molar-refractivity contribution in [2.75, 3.05) is 13.1 Å². The number of aryl methyl sites for hydroxylation is 1. The molecule has 0 unspecified atom stereocenters. The Bertz CT molecular complexity index is 772. The van der Waals surface area contributed by atoms with E-state index in [4.69, 9.17) is 0 Å². The summed E-state index contributed by atoms with van der Waals surface area (Å²) in [5, 5.41) is 5.82. The first-order chi connectivity index (χ1) is 12.0. The molecule has 6 heteroatoms. The van der Waals surface area contributed by atoms with Gasteiger partial charge in [0.05, 0.1) is 17.2 Å². The molecule has 3 rings (SSSR count). The molecule has 132 valence electrons. The normalized spacial score (nSPS) is 17.4. The number of benzene rings is 1. The monoisotopic (exact) mass is 357 g/mol. The molecule has 1 aromatic heterocycles. The number of aromatic nitrogens is 1. The van der Waals surface area contributed by atoms with Gasteiger partial charge in [-0.3, -0.25) is 9.59 Å². The molecule has 0 saturated carbocycles. The van der Waals surface area contributed by atoms with E-state index in [-0.39, 0.29) is 17.7 Å². The number of likely N-dealkylation sites (tertiary alicyclic amines) is 1. The van der Waals surface area contributed by atoms with Gasteiger partial charge in [0.25, 0.3) is 5.91 Å². The summed E-state index contributed by atoms with van der Waals surface area (Å²) in [4.78, 5) is 30.5. The first-order valence-corrected chi connectivity index (χ1v) is 9.46. The summed E-state index contributed by atoms with van der Waals surface area (Å²) in [7, 11) is 0. The second kappa shape index (κ2) is 7.78. The van der Waals surface area contributed by atoms with Crippen molar-refractivity contribution in [2.24, 2.45) is 0 Å². The molecule has 2 amide bonds. The maximum atomic E-state index is 12.8. The van der Waals surface area contributed by atoms with Crippen molar-refractivity contribution in [2.45, 2.75) is 39.2 Å². The number of amides is 2. The van der Waals surface area contributed by atoms with Crippen LogP contribution >= 0.6 is 11.3 Å². The predicted octanol–water partition coefficient (Wildman–Crippen LogP) is 3.11. The van der Waals surface area contributed by atoms with Crippen LogP contribution in [-0.2, 0) is 11.3 Å². The van der Waals surface area contributed by atoms with Crippen LogP contribution in [0.5, 0.6) is 0 Å². The van der Waals surface area contributed by atoms with Gasteiger partial charge < -0.3 is 10.2 Å². The molecular weight excluding hydrogens is 334 g/mol. The topological polar surface area (TPSA) is 62.3 Å². The quantitative estimate of drug-likeness (QED) is 0.914. The number of rotatable bonds is 4. The zero-order valence-electron chi connectivity index (χ0n) is 14.6. The van der Waals surface area contributed by atoms with Gasteiger partial charge in [-0.15, -0.1) is 11.3 Å². The fourth-order valence-corrected chi connectivity index (χ4v) is 4.10. The molecule has 5 nitrogen and oxygen atoms in total. The van der Waals surface area contributed by atoms with E-state index in [1.54, 1.807) is 11.3 Å². The average molecular weight is 357 g/mol. The van der Waals surface area contributed by atoms with Crippen LogP contribution in [0.4, 0.5) is 0 Å². The number of nitrogens with one attached hydrogen (secondary N) is 1. The number of carbonyl (C=O) groups is 2. The van der Waals surface area contributed by atoms with Crippen LogP contribution in [0.1, 0.15) is 52.3 Å². The van der Waals surface area contributed by atoms with Gasteiger partial charge in [0.2, 0.25) is 5.91 Å². The van der Waals surface area contributed by atoms with E-state index in [0.29, 0.717) is 13.1 Å². The van der Waals surface area contributed by atoms with Crippen molar-refractivity contribution < 1.29 is 9.59 Å². The van der Waals surface area contributed by atoms with E-state index in [2.05, 4.69) is 10.3 Å². The fraction of sp³-hybridized carbons (Fsp3) is 0.421. The Labute approximate surface area is 152 Å². The summed E-state index contributed by atoms with van der Waals surface area (Å²) < 4.78 is 0. The van der Waals surface area contributed by atoms with Gasteiger partial charge in [-0.2, -0.15) is 0 Å². The van der Waals surface area contributed by atoms with Crippen molar-refractivity contribution in [1.29, 1.82) is 0 Å². The third kappa shape index (κ3) is 4.25. The van der Waals surface area contributed by atoms with Crippen molar-refractivity contribution in [1.82, 2.24) is 15.2 Å². The Balaban J connectivity index is 1.68.